The Balaban J connectivity index is 2.17. The molecule has 0 saturated heterocycles. The van der Waals surface area contributed by atoms with Gasteiger partial charge in [-0.1, -0.05) is 37.7 Å². The minimum Gasteiger partial charge on any atom is -0.271 e. The molecule has 0 aliphatic heterocycles. The summed E-state index contributed by atoms with van der Waals surface area (Å²) in [5.74, 6) is 6.50. The molecule has 0 aromatic heterocycles. The fourth-order valence-electron chi connectivity index (χ4n) is 2.58. The lowest BCUT2D eigenvalue weighted by Crippen LogP contribution is -2.35. The maximum atomic E-state index is 5.55. The average Bonchev–Trinajstić information content (AvgIpc) is 2.25. The number of hydrogen-bond acceptors (Lipinski definition) is 2. The van der Waals surface area contributed by atoms with Crippen LogP contribution in [-0.4, -0.2) is 6.04 Å². The minimum absolute atomic E-state index is 0.435. The van der Waals surface area contributed by atoms with Gasteiger partial charge in [-0.25, -0.2) is 0 Å². The second kappa shape index (κ2) is 7.02. The van der Waals surface area contributed by atoms with Gasteiger partial charge in [0.2, 0.25) is 0 Å². The first kappa shape index (κ1) is 12.7. The zero-order chi connectivity index (χ0) is 11.1. The van der Waals surface area contributed by atoms with Gasteiger partial charge in [0.15, 0.2) is 0 Å². The fourth-order valence-corrected chi connectivity index (χ4v) is 2.58. The van der Waals surface area contributed by atoms with Crippen molar-refractivity contribution in [1.82, 2.24) is 5.43 Å². The van der Waals surface area contributed by atoms with Crippen LogP contribution in [0.5, 0.6) is 0 Å². The minimum atomic E-state index is 0.435. The molecule has 1 fully saturated rings. The van der Waals surface area contributed by atoms with Gasteiger partial charge in [0, 0.05) is 6.04 Å². The summed E-state index contributed by atoms with van der Waals surface area (Å²) in [6.45, 7) is 6.02. The van der Waals surface area contributed by atoms with Gasteiger partial charge >= 0.3 is 0 Å². The normalized spacial score (nSPS) is 20.1. The average molecular weight is 210 g/mol. The van der Waals surface area contributed by atoms with E-state index in [0.717, 1.165) is 12.3 Å². The van der Waals surface area contributed by atoms with Crippen molar-refractivity contribution in [3.63, 3.8) is 0 Å². The highest BCUT2D eigenvalue weighted by atomic mass is 15.2. The zero-order valence-electron chi connectivity index (χ0n) is 10.1. The van der Waals surface area contributed by atoms with Crippen LogP contribution in [0.1, 0.15) is 58.3 Å². The molecular formula is C13H26N2. The van der Waals surface area contributed by atoms with Crippen LogP contribution in [0, 0.1) is 5.92 Å². The molecular weight excluding hydrogens is 184 g/mol. The van der Waals surface area contributed by atoms with Crippen LogP contribution >= 0.6 is 0 Å². The molecule has 0 bridgehead atoms. The van der Waals surface area contributed by atoms with Crippen LogP contribution < -0.4 is 11.3 Å². The van der Waals surface area contributed by atoms with Gasteiger partial charge in [-0.15, -0.1) is 6.58 Å². The summed E-state index contributed by atoms with van der Waals surface area (Å²) < 4.78 is 0. The number of nitrogens with one attached hydrogen (secondary N) is 1. The Morgan fingerprint density at radius 2 is 2.07 bits per heavy atom. The maximum absolute atomic E-state index is 5.55. The molecule has 1 atom stereocenters. The van der Waals surface area contributed by atoms with Crippen molar-refractivity contribution in [2.75, 3.05) is 0 Å². The van der Waals surface area contributed by atoms with E-state index in [1.165, 1.54) is 50.5 Å². The summed E-state index contributed by atoms with van der Waals surface area (Å²) in [5, 5.41) is 0. The van der Waals surface area contributed by atoms with Crippen molar-refractivity contribution in [1.29, 1.82) is 0 Å². The largest absolute Gasteiger partial charge is 0.271 e. The molecule has 0 spiro atoms. The lowest BCUT2D eigenvalue weighted by atomic mass is 9.85. The van der Waals surface area contributed by atoms with Crippen LogP contribution in [0.2, 0.25) is 0 Å². The lowest BCUT2D eigenvalue weighted by molar-refractivity contribution is 0.313. The lowest BCUT2D eigenvalue weighted by Gasteiger charge is -2.24. The molecule has 15 heavy (non-hydrogen) atoms. The zero-order valence-corrected chi connectivity index (χ0v) is 10.1. The second-order valence-electron chi connectivity index (χ2n) is 5.11. The highest BCUT2D eigenvalue weighted by Crippen LogP contribution is 2.28. The number of hydrogen-bond donors (Lipinski definition) is 2. The van der Waals surface area contributed by atoms with E-state index >= 15 is 0 Å². The predicted molar refractivity (Wildman–Crippen MR) is 66.4 cm³/mol. The summed E-state index contributed by atoms with van der Waals surface area (Å²) in [7, 11) is 0. The summed E-state index contributed by atoms with van der Waals surface area (Å²) in [4.78, 5) is 0. The number of nitrogens with two attached hydrogens (primary N) is 1. The third kappa shape index (κ3) is 5.33. The quantitative estimate of drug-likeness (QED) is 0.401. The third-order valence-electron chi connectivity index (χ3n) is 3.48. The van der Waals surface area contributed by atoms with Gasteiger partial charge < -0.3 is 0 Å². The first-order valence-electron chi connectivity index (χ1n) is 6.33. The molecule has 1 aliphatic carbocycles. The SMILES string of the molecule is C=C(C)CC(CCC1CCCCC1)NN. The van der Waals surface area contributed by atoms with Crippen LogP contribution in [-0.2, 0) is 0 Å². The van der Waals surface area contributed by atoms with E-state index in [1.807, 2.05) is 0 Å². The van der Waals surface area contributed by atoms with Crippen LogP contribution in [0.4, 0.5) is 0 Å². The molecule has 1 aliphatic rings. The first-order valence-corrected chi connectivity index (χ1v) is 6.33. The Hall–Kier alpha value is -0.340. The van der Waals surface area contributed by atoms with Gasteiger partial charge in [0.05, 0.1) is 0 Å². The summed E-state index contributed by atoms with van der Waals surface area (Å²) in [6.07, 6.45) is 10.7. The van der Waals surface area contributed by atoms with E-state index in [-0.39, 0.29) is 0 Å². The molecule has 88 valence electrons. The van der Waals surface area contributed by atoms with E-state index in [9.17, 15) is 0 Å². The molecule has 2 heteroatoms. The van der Waals surface area contributed by atoms with Crippen molar-refractivity contribution < 1.29 is 0 Å². The molecule has 1 unspecified atom stereocenters. The van der Waals surface area contributed by atoms with Crippen LogP contribution in [0.15, 0.2) is 12.2 Å². The van der Waals surface area contributed by atoms with Crippen molar-refractivity contribution >= 4 is 0 Å². The predicted octanol–water partition coefficient (Wildman–Crippen LogP) is 3.15. The van der Waals surface area contributed by atoms with Crippen LogP contribution in [0.25, 0.3) is 0 Å². The Morgan fingerprint density at radius 3 is 2.60 bits per heavy atom. The highest BCUT2D eigenvalue weighted by molar-refractivity contribution is 4.92. The topological polar surface area (TPSA) is 38.0 Å². The van der Waals surface area contributed by atoms with E-state index < -0.39 is 0 Å². The first-order chi connectivity index (χ1) is 7.22. The highest BCUT2D eigenvalue weighted by Gasteiger charge is 2.15. The van der Waals surface area contributed by atoms with Crippen LogP contribution in [0.3, 0.4) is 0 Å². The monoisotopic (exact) mass is 210 g/mol. The summed E-state index contributed by atoms with van der Waals surface area (Å²) in [6, 6.07) is 0.435. The van der Waals surface area contributed by atoms with E-state index in [0.29, 0.717) is 6.04 Å². The van der Waals surface area contributed by atoms with E-state index in [4.69, 9.17) is 5.84 Å². The van der Waals surface area contributed by atoms with Gasteiger partial charge in [-0.2, -0.15) is 0 Å². The Bertz CT molecular complexity index is 183. The molecule has 0 aromatic rings. The third-order valence-corrected chi connectivity index (χ3v) is 3.48. The Morgan fingerprint density at radius 1 is 1.40 bits per heavy atom. The Kier molecular flexibility index (Phi) is 5.96. The second-order valence-corrected chi connectivity index (χ2v) is 5.11. The van der Waals surface area contributed by atoms with E-state index in [1.54, 1.807) is 0 Å². The van der Waals surface area contributed by atoms with Crippen molar-refractivity contribution in [2.45, 2.75) is 64.3 Å². The smallest absolute Gasteiger partial charge is 0.0247 e. The Labute approximate surface area is 94.3 Å². The van der Waals surface area contributed by atoms with Gasteiger partial charge in [-0.3, -0.25) is 11.3 Å². The van der Waals surface area contributed by atoms with E-state index in [2.05, 4.69) is 18.9 Å². The molecule has 1 rings (SSSR count). The van der Waals surface area contributed by atoms with Crippen molar-refractivity contribution in [3.8, 4) is 0 Å². The molecule has 3 N–H and O–H groups in total. The molecule has 0 radical (unpaired) electrons. The molecule has 0 amide bonds. The molecule has 0 aromatic carbocycles. The molecule has 1 saturated carbocycles. The standard InChI is InChI=1S/C13H26N2/c1-11(2)10-13(15-14)9-8-12-6-4-3-5-7-12/h12-13,15H,1,3-10,14H2,2H3. The number of hydrazine groups is 1. The molecule has 0 heterocycles. The van der Waals surface area contributed by atoms with Gasteiger partial charge in [0.1, 0.15) is 0 Å². The molecule has 2 nitrogen and oxygen atoms in total. The number of rotatable bonds is 6. The maximum Gasteiger partial charge on any atom is 0.0247 e. The van der Waals surface area contributed by atoms with Crippen molar-refractivity contribution in [3.05, 3.63) is 12.2 Å². The van der Waals surface area contributed by atoms with Gasteiger partial charge in [-0.05, 0) is 32.1 Å². The van der Waals surface area contributed by atoms with Gasteiger partial charge in [0.25, 0.3) is 0 Å². The fraction of sp³-hybridized carbons (Fsp3) is 0.846. The van der Waals surface area contributed by atoms with Crippen molar-refractivity contribution in [2.24, 2.45) is 11.8 Å². The summed E-state index contributed by atoms with van der Waals surface area (Å²) in [5.41, 5.74) is 4.14. The summed E-state index contributed by atoms with van der Waals surface area (Å²) >= 11 is 0.